The average molecular weight is 779 g/mol. The first-order chi connectivity index (χ1) is 29.0. The third-order valence-corrected chi connectivity index (χ3v) is 15.7. The number of benzene rings is 6. The van der Waals surface area contributed by atoms with Crippen molar-refractivity contribution in [2.75, 3.05) is 9.71 Å². The number of nitrogens with zero attached hydrogens (tertiary/aromatic N) is 2. The van der Waals surface area contributed by atoms with Crippen molar-refractivity contribution in [2.24, 2.45) is 0 Å². The van der Waals surface area contributed by atoms with Crippen molar-refractivity contribution < 1.29 is 4.42 Å². The second-order valence-corrected chi connectivity index (χ2v) is 19.5. The van der Waals surface area contributed by atoms with Gasteiger partial charge in [-0.2, -0.15) is 0 Å². The zero-order valence-corrected chi connectivity index (χ0v) is 35.7. The first kappa shape index (κ1) is 35.9. The molecule has 0 amide bonds. The maximum absolute atomic E-state index is 7.12. The lowest BCUT2D eigenvalue weighted by atomic mass is 9.41. The molecule has 1 aliphatic carbocycles. The van der Waals surface area contributed by atoms with Crippen LogP contribution in [-0.2, 0) is 16.2 Å². The third-order valence-electron chi connectivity index (χ3n) is 15.7. The Bertz CT molecular complexity index is 3020. The molecule has 4 heteroatoms. The quantitative estimate of drug-likeness (QED) is 0.167. The Morgan fingerprint density at radius 3 is 2.12 bits per heavy atom. The van der Waals surface area contributed by atoms with E-state index in [1.807, 2.05) is 0 Å². The van der Waals surface area contributed by atoms with Crippen molar-refractivity contribution in [2.45, 2.75) is 89.0 Å². The molecule has 1 aromatic heterocycles. The topological polar surface area (TPSA) is 19.6 Å². The molecule has 2 unspecified atom stereocenters. The van der Waals surface area contributed by atoms with Crippen LogP contribution in [0.15, 0.2) is 162 Å². The van der Waals surface area contributed by atoms with Gasteiger partial charge in [-0.3, -0.25) is 0 Å². The number of anilines is 3. The minimum absolute atomic E-state index is 0.0221. The number of fused-ring (bicyclic) bond motifs is 13. The van der Waals surface area contributed by atoms with Crippen LogP contribution in [0.25, 0.3) is 27.5 Å². The molecule has 12 rings (SSSR count). The van der Waals surface area contributed by atoms with E-state index in [-0.39, 0.29) is 23.2 Å². The summed E-state index contributed by atoms with van der Waals surface area (Å²) in [5.41, 5.74) is 18.9. The van der Waals surface area contributed by atoms with Crippen LogP contribution >= 0.6 is 0 Å². The maximum atomic E-state index is 7.12. The molecule has 3 nitrogen and oxygen atoms in total. The second-order valence-electron chi connectivity index (χ2n) is 19.5. The van der Waals surface area contributed by atoms with Gasteiger partial charge in [0, 0.05) is 50.1 Å². The molecule has 60 heavy (non-hydrogen) atoms. The molecular formula is C56H51BN2O. The summed E-state index contributed by atoms with van der Waals surface area (Å²) >= 11 is 0. The molecule has 0 N–H and O–H groups in total. The van der Waals surface area contributed by atoms with Crippen molar-refractivity contribution >= 4 is 62.3 Å². The van der Waals surface area contributed by atoms with Gasteiger partial charge in [0.05, 0.1) is 11.0 Å². The lowest BCUT2D eigenvalue weighted by molar-refractivity contribution is 0.195. The zero-order chi connectivity index (χ0) is 40.9. The lowest BCUT2D eigenvalue weighted by Gasteiger charge is -2.55. The van der Waals surface area contributed by atoms with Gasteiger partial charge < -0.3 is 14.1 Å². The Balaban J connectivity index is 1.31. The van der Waals surface area contributed by atoms with Crippen LogP contribution in [0.4, 0.5) is 17.1 Å². The summed E-state index contributed by atoms with van der Waals surface area (Å²) in [6.07, 6.45) is 9.42. The number of allylic oxidation sites excluding steroid dienone is 4. The Morgan fingerprint density at radius 1 is 0.733 bits per heavy atom. The fourth-order valence-electron chi connectivity index (χ4n) is 12.7. The highest BCUT2D eigenvalue weighted by molar-refractivity contribution is 6.93. The van der Waals surface area contributed by atoms with E-state index >= 15 is 0 Å². The van der Waals surface area contributed by atoms with Gasteiger partial charge in [-0.05, 0) is 94.6 Å². The normalized spacial score (nSPS) is 22.3. The van der Waals surface area contributed by atoms with Crippen LogP contribution in [0.2, 0.25) is 0 Å². The fraction of sp³-hybridized carbons (Fsp3) is 0.250. The van der Waals surface area contributed by atoms with Gasteiger partial charge >= 0.3 is 6.85 Å². The Morgan fingerprint density at radius 2 is 1.40 bits per heavy atom. The molecule has 0 spiro atoms. The van der Waals surface area contributed by atoms with Crippen LogP contribution < -0.4 is 20.6 Å². The number of hydrogen-bond donors (Lipinski definition) is 0. The van der Waals surface area contributed by atoms with Crippen molar-refractivity contribution in [1.29, 1.82) is 0 Å². The molecule has 0 saturated heterocycles. The highest BCUT2D eigenvalue weighted by Crippen LogP contribution is 2.64. The first-order valence-electron chi connectivity index (χ1n) is 22.1. The summed E-state index contributed by atoms with van der Waals surface area (Å²) in [4.78, 5) is 5.55. The van der Waals surface area contributed by atoms with Crippen LogP contribution in [0.3, 0.4) is 0 Å². The Kier molecular flexibility index (Phi) is 7.22. The molecule has 7 aromatic rings. The van der Waals surface area contributed by atoms with Gasteiger partial charge in [0.1, 0.15) is 11.2 Å². The SMILES string of the molecule is C=C1C2=C(/C=C\C)C(c3ccccc3)(c3ccccc3)c3ccccc3N2B2c3cc(C(C)(C)C)cc4c3N(c3cc5c(oc6ccccc65)c1c32)C1(C)CCCCC41C. The molecule has 1 fully saturated rings. The summed E-state index contributed by atoms with van der Waals surface area (Å²) in [6, 6.07) is 47.9. The molecule has 6 aromatic carbocycles. The summed E-state index contributed by atoms with van der Waals surface area (Å²) in [5.74, 6) is 0. The number of para-hydroxylation sites is 2. The van der Waals surface area contributed by atoms with Crippen molar-refractivity contribution in [3.63, 3.8) is 0 Å². The summed E-state index contributed by atoms with van der Waals surface area (Å²) < 4.78 is 7.12. The predicted molar refractivity (Wildman–Crippen MR) is 253 cm³/mol. The Labute approximate surface area is 354 Å². The van der Waals surface area contributed by atoms with Crippen LogP contribution in [-0.4, -0.2) is 12.4 Å². The lowest BCUT2D eigenvalue weighted by Crippen LogP contribution is -2.67. The molecule has 2 atom stereocenters. The molecule has 1 saturated carbocycles. The molecule has 294 valence electrons. The minimum Gasteiger partial charge on any atom is -0.455 e. The smallest absolute Gasteiger partial charge is 0.333 e. The number of hydrogen-bond acceptors (Lipinski definition) is 3. The third kappa shape index (κ3) is 4.22. The van der Waals surface area contributed by atoms with Crippen molar-refractivity contribution in [3.8, 4) is 0 Å². The molecule has 4 aliphatic heterocycles. The monoisotopic (exact) mass is 778 g/mol. The zero-order valence-electron chi connectivity index (χ0n) is 35.7. The van der Waals surface area contributed by atoms with E-state index in [4.69, 9.17) is 11.0 Å². The van der Waals surface area contributed by atoms with E-state index in [9.17, 15) is 0 Å². The van der Waals surface area contributed by atoms with E-state index in [2.05, 4.69) is 191 Å². The van der Waals surface area contributed by atoms with E-state index in [1.54, 1.807) is 0 Å². The van der Waals surface area contributed by atoms with Gasteiger partial charge in [0.25, 0.3) is 0 Å². The maximum Gasteiger partial charge on any atom is 0.333 e. The second kappa shape index (κ2) is 12.1. The first-order valence-corrected chi connectivity index (χ1v) is 22.1. The van der Waals surface area contributed by atoms with Gasteiger partial charge in [-0.15, -0.1) is 0 Å². The molecule has 0 bridgehead atoms. The largest absolute Gasteiger partial charge is 0.455 e. The molecular weight excluding hydrogens is 727 g/mol. The highest BCUT2D eigenvalue weighted by Gasteiger charge is 2.63. The standard InChI is InChI=1S/C56H51BN2O/c1-8-21-42-50-35(2)48-49-46(34-40-39-26-15-18-29-47(39)60-52(40)48)58-51-43(54(6)30-19-20-31-55(54,58)7)32-38(53(3,4)5)33-44(51)57(49)59(50)45-28-17-16-27-41(45)56(42,36-22-11-9-12-23-36)37-24-13-10-14-25-37/h8-18,21-29,32-34H,2,19-20,30-31H2,1,3-7H3/b21-8-. The summed E-state index contributed by atoms with van der Waals surface area (Å²) in [7, 11) is 0. The van der Waals surface area contributed by atoms with Gasteiger partial charge in [-0.1, -0.05) is 168 Å². The Hall–Kier alpha value is -6.00. The number of furan rings is 1. The highest BCUT2D eigenvalue weighted by atomic mass is 16.3. The minimum atomic E-state index is -0.631. The summed E-state index contributed by atoms with van der Waals surface area (Å²) in [5, 5.41) is 2.32. The number of rotatable bonds is 3. The van der Waals surface area contributed by atoms with Gasteiger partial charge in [0.15, 0.2) is 0 Å². The fourth-order valence-corrected chi connectivity index (χ4v) is 12.7. The van der Waals surface area contributed by atoms with E-state index in [1.165, 1.54) is 86.0 Å². The predicted octanol–water partition coefficient (Wildman–Crippen LogP) is 12.8. The van der Waals surface area contributed by atoms with E-state index < -0.39 is 5.41 Å². The van der Waals surface area contributed by atoms with Crippen molar-refractivity contribution in [1.82, 2.24) is 0 Å². The van der Waals surface area contributed by atoms with E-state index in [0.717, 1.165) is 39.8 Å². The van der Waals surface area contributed by atoms with Gasteiger partial charge in [-0.25, -0.2) is 0 Å². The van der Waals surface area contributed by atoms with Crippen molar-refractivity contribution in [3.05, 3.63) is 191 Å². The van der Waals surface area contributed by atoms with Gasteiger partial charge in [0.2, 0.25) is 0 Å². The summed E-state index contributed by atoms with van der Waals surface area (Å²) in [6.45, 7) is 19.6. The van der Waals surface area contributed by atoms with Crippen LogP contribution in [0.1, 0.15) is 101 Å². The van der Waals surface area contributed by atoms with Crippen LogP contribution in [0, 0.1) is 0 Å². The average Bonchev–Trinajstić information content (AvgIpc) is 3.73. The van der Waals surface area contributed by atoms with E-state index in [0.29, 0.717) is 0 Å². The molecule has 5 heterocycles. The van der Waals surface area contributed by atoms with Crippen LogP contribution in [0.5, 0.6) is 0 Å². The molecule has 5 aliphatic rings. The molecule has 0 radical (unpaired) electrons.